The summed E-state index contributed by atoms with van der Waals surface area (Å²) in [7, 11) is 0. The summed E-state index contributed by atoms with van der Waals surface area (Å²) in [4.78, 5) is 4.40. The van der Waals surface area contributed by atoms with E-state index in [4.69, 9.17) is 4.74 Å². The van der Waals surface area contributed by atoms with E-state index in [9.17, 15) is 0 Å². The van der Waals surface area contributed by atoms with Gasteiger partial charge in [0.05, 0.1) is 6.20 Å². The van der Waals surface area contributed by atoms with Gasteiger partial charge in [-0.05, 0) is 61.1 Å². The molecule has 1 aromatic heterocycles. The number of nitrogens with one attached hydrogen (secondary N) is 2. The Kier molecular flexibility index (Phi) is 5.18. The molecule has 29 heavy (non-hydrogen) atoms. The second kappa shape index (κ2) is 8.26. The van der Waals surface area contributed by atoms with Crippen LogP contribution in [-0.2, 0) is 12.8 Å². The Labute approximate surface area is 172 Å². The molecule has 4 nitrogen and oxygen atoms in total. The first-order valence-electron chi connectivity index (χ1n) is 10.6. The molecular formula is C25H27N3O. The molecule has 2 aliphatic heterocycles. The van der Waals surface area contributed by atoms with Crippen LogP contribution < -0.4 is 15.4 Å². The molecule has 2 atom stereocenters. The minimum absolute atomic E-state index is 0.475. The number of benzene rings is 2. The van der Waals surface area contributed by atoms with E-state index in [1.165, 1.54) is 35.2 Å². The topological polar surface area (TPSA) is 46.2 Å². The largest absolute Gasteiger partial charge is 0.490 e. The van der Waals surface area contributed by atoms with Crippen molar-refractivity contribution in [2.24, 2.45) is 0 Å². The molecule has 0 unspecified atom stereocenters. The molecule has 2 N–H and O–H groups in total. The summed E-state index contributed by atoms with van der Waals surface area (Å²) < 4.78 is 5.92. The van der Waals surface area contributed by atoms with Crippen molar-refractivity contribution >= 4 is 5.69 Å². The highest BCUT2D eigenvalue weighted by Crippen LogP contribution is 2.28. The molecule has 3 aromatic rings. The molecule has 0 amide bonds. The van der Waals surface area contributed by atoms with Crippen molar-refractivity contribution in [3.8, 4) is 16.9 Å². The molecule has 0 bridgehead atoms. The number of aryl methyl sites for hydroxylation is 1. The number of hydrogen-bond acceptors (Lipinski definition) is 4. The van der Waals surface area contributed by atoms with Crippen molar-refractivity contribution in [1.29, 1.82) is 0 Å². The fourth-order valence-corrected chi connectivity index (χ4v) is 4.16. The summed E-state index contributed by atoms with van der Waals surface area (Å²) in [6.07, 6.45) is 8.25. The lowest BCUT2D eigenvalue weighted by molar-refractivity contribution is 0.217. The molecule has 0 radical (unpaired) electrons. The van der Waals surface area contributed by atoms with Crippen LogP contribution in [0.4, 0.5) is 5.69 Å². The van der Waals surface area contributed by atoms with Crippen LogP contribution in [0.15, 0.2) is 67.0 Å². The first-order valence-corrected chi connectivity index (χ1v) is 10.6. The summed E-state index contributed by atoms with van der Waals surface area (Å²) in [6, 6.07) is 20.5. The third kappa shape index (κ3) is 4.28. The number of para-hydroxylation sites is 1. The highest BCUT2D eigenvalue weighted by molar-refractivity contribution is 5.64. The smallest absolute Gasteiger partial charge is 0.138 e. The first kappa shape index (κ1) is 18.2. The van der Waals surface area contributed by atoms with Crippen LogP contribution in [0.2, 0.25) is 0 Å². The van der Waals surface area contributed by atoms with Gasteiger partial charge in [0.15, 0.2) is 0 Å². The van der Waals surface area contributed by atoms with Gasteiger partial charge in [0.1, 0.15) is 12.4 Å². The van der Waals surface area contributed by atoms with Gasteiger partial charge < -0.3 is 15.4 Å². The van der Waals surface area contributed by atoms with Gasteiger partial charge in [-0.25, -0.2) is 0 Å². The predicted octanol–water partition coefficient (Wildman–Crippen LogP) is 4.46. The minimum atomic E-state index is 0.475. The lowest BCUT2D eigenvalue weighted by Crippen LogP contribution is -2.46. The number of pyridine rings is 1. The van der Waals surface area contributed by atoms with Gasteiger partial charge in [-0.2, -0.15) is 0 Å². The Morgan fingerprint density at radius 2 is 1.86 bits per heavy atom. The van der Waals surface area contributed by atoms with Crippen LogP contribution in [0.1, 0.15) is 24.0 Å². The van der Waals surface area contributed by atoms with Crippen molar-refractivity contribution in [2.75, 3.05) is 18.5 Å². The standard InChI is InChI=1S/C25H27N3O/c1-2-7-25-19(5-1)8-9-22(28-25)13-18-4-3-6-20(12-18)21-14-24(16-26-15-21)29-17-23-10-11-27-23/h1-7,12,14-16,22-23,27-28H,8-11,13,17H2/t22-,23-/m0/s1. The van der Waals surface area contributed by atoms with Crippen molar-refractivity contribution in [2.45, 2.75) is 37.8 Å². The van der Waals surface area contributed by atoms with Crippen molar-refractivity contribution in [1.82, 2.24) is 10.3 Å². The molecule has 5 rings (SSSR count). The normalized spacial score (nSPS) is 20.3. The monoisotopic (exact) mass is 385 g/mol. The quantitative estimate of drug-likeness (QED) is 0.658. The summed E-state index contributed by atoms with van der Waals surface area (Å²) in [5.41, 5.74) is 6.36. The second-order valence-corrected chi connectivity index (χ2v) is 8.10. The van der Waals surface area contributed by atoms with Crippen molar-refractivity contribution in [3.05, 3.63) is 78.1 Å². The minimum Gasteiger partial charge on any atom is -0.490 e. The zero-order chi connectivity index (χ0) is 19.5. The number of rotatable bonds is 6. The van der Waals surface area contributed by atoms with Crippen LogP contribution in [-0.4, -0.2) is 30.2 Å². The zero-order valence-corrected chi connectivity index (χ0v) is 16.6. The van der Waals surface area contributed by atoms with Gasteiger partial charge in [0, 0.05) is 29.5 Å². The molecule has 1 fully saturated rings. The van der Waals surface area contributed by atoms with E-state index < -0.39 is 0 Å². The van der Waals surface area contributed by atoms with Gasteiger partial charge in [-0.1, -0.05) is 42.5 Å². The van der Waals surface area contributed by atoms with Gasteiger partial charge in [-0.15, -0.1) is 0 Å². The number of hydrogen-bond donors (Lipinski definition) is 2. The maximum absolute atomic E-state index is 5.92. The van der Waals surface area contributed by atoms with E-state index in [0.29, 0.717) is 18.7 Å². The maximum Gasteiger partial charge on any atom is 0.138 e. The second-order valence-electron chi connectivity index (χ2n) is 8.10. The van der Waals surface area contributed by atoms with E-state index in [0.717, 1.165) is 30.7 Å². The molecule has 2 aromatic carbocycles. The fraction of sp³-hybridized carbons (Fsp3) is 0.320. The first-order chi connectivity index (χ1) is 14.3. The Balaban J connectivity index is 1.27. The highest BCUT2D eigenvalue weighted by atomic mass is 16.5. The molecule has 0 saturated carbocycles. The summed E-state index contributed by atoms with van der Waals surface area (Å²) in [6.45, 7) is 1.81. The Hall–Kier alpha value is -2.85. The number of fused-ring (bicyclic) bond motifs is 1. The number of aromatic nitrogens is 1. The Morgan fingerprint density at radius 3 is 2.76 bits per heavy atom. The summed E-state index contributed by atoms with van der Waals surface area (Å²) in [5, 5.41) is 7.08. The third-order valence-corrected chi connectivity index (χ3v) is 5.97. The van der Waals surface area contributed by atoms with Gasteiger partial charge >= 0.3 is 0 Å². The average molecular weight is 386 g/mol. The van der Waals surface area contributed by atoms with E-state index in [2.05, 4.69) is 70.2 Å². The Bertz CT molecular complexity index is 983. The molecule has 3 heterocycles. The fourth-order valence-electron chi connectivity index (χ4n) is 4.16. The van der Waals surface area contributed by atoms with Gasteiger partial charge in [0.25, 0.3) is 0 Å². The van der Waals surface area contributed by atoms with Crippen LogP contribution in [0.5, 0.6) is 5.75 Å². The van der Waals surface area contributed by atoms with E-state index in [1.807, 2.05) is 6.20 Å². The summed E-state index contributed by atoms with van der Waals surface area (Å²) in [5.74, 6) is 0.840. The van der Waals surface area contributed by atoms with Crippen molar-refractivity contribution in [3.63, 3.8) is 0 Å². The molecule has 148 valence electrons. The lowest BCUT2D eigenvalue weighted by atomic mass is 9.93. The van der Waals surface area contributed by atoms with Crippen LogP contribution in [0.25, 0.3) is 11.1 Å². The average Bonchev–Trinajstić information content (AvgIpc) is 2.73. The third-order valence-electron chi connectivity index (χ3n) is 5.97. The number of ether oxygens (including phenoxy) is 1. The number of anilines is 1. The number of nitrogens with zero attached hydrogens (tertiary/aromatic N) is 1. The lowest BCUT2D eigenvalue weighted by Gasteiger charge is -2.27. The predicted molar refractivity (Wildman–Crippen MR) is 117 cm³/mol. The molecule has 4 heteroatoms. The molecular weight excluding hydrogens is 358 g/mol. The molecule has 2 aliphatic rings. The van der Waals surface area contributed by atoms with Crippen LogP contribution in [0, 0.1) is 0 Å². The summed E-state index contributed by atoms with van der Waals surface area (Å²) >= 11 is 0. The SMILES string of the molecule is c1cc(C[C@@H]2CCc3ccccc3N2)cc(-c2cncc(OC[C@@H]3CCN3)c2)c1. The van der Waals surface area contributed by atoms with Gasteiger partial charge in [0.2, 0.25) is 0 Å². The van der Waals surface area contributed by atoms with Crippen molar-refractivity contribution < 1.29 is 4.74 Å². The van der Waals surface area contributed by atoms with Crippen LogP contribution >= 0.6 is 0 Å². The molecule has 0 spiro atoms. The zero-order valence-electron chi connectivity index (χ0n) is 16.6. The van der Waals surface area contributed by atoms with E-state index in [-0.39, 0.29) is 0 Å². The van der Waals surface area contributed by atoms with Crippen LogP contribution in [0.3, 0.4) is 0 Å². The Morgan fingerprint density at radius 1 is 0.931 bits per heavy atom. The van der Waals surface area contributed by atoms with Gasteiger partial charge in [-0.3, -0.25) is 4.98 Å². The molecule has 0 aliphatic carbocycles. The highest BCUT2D eigenvalue weighted by Gasteiger charge is 2.18. The van der Waals surface area contributed by atoms with E-state index >= 15 is 0 Å². The molecule has 1 saturated heterocycles. The van der Waals surface area contributed by atoms with E-state index in [1.54, 1.807) is 6.20 Å². The maximum atomic E-state index is 5.92.